The highest BCUT2D eigenvalue weighted by Gasteiger charge is 2.02. The standard InChI is InChI=1S/C10H14N2O3/c1-2-3-9(13)15-7-5-8-4-6-11-12-10(8)14/h4,6H,2-3,5,7H2,1H3,(H,12,14). The number of H-pyrrole nitrogens is 1. The van der Waals surface area contributed by atoms with Crippen molar-refractivity contribution in [2.45, 2.75) is 26.2 Å². The van der Waals surface area contributed by atoms with Crippen molar-refractivity contribution in [1.29, 1.82) is 0 Å². The minimum Gasteiger partial charge on any atom is -0.465 e. The summed E-state index contributed by atoms with van der Waals surface area (Å²) in [6.07, 6.45) is 3.12. The third-order valence-electron chi connectivity index (χ3n) is 1.90. The zero-order valence-corrected chi connectivity index (χ0v) is 8.66. The smallest absolute Gasteiger partial charge is 0.305 e. The Labute approximate surface area is 87.5 Å². The molecular formula is C10H14N2O3. The Balaban J connectivity index is 2.35. The van der Waals surface area contributed by atoms with Crippen LogP contribution in [0.25, 0.3) is 0 Å². The molecule has 0 aromatic carbocycles. The molecule has 0 fully saturated rings. The van der Waals surface area contributed by atoms with Gasteiger partial charge in [-0.05, 0) is 12.5 Å². The van der Waals surface area contributed by atoms with Crippen LogP contribution in [0.5, 0.6) is 0 Å². The molecule has 0 saturated heterocycles. The van der Waals surface area contributed by atoms with Gasteiger partial charge in [0.05, 0.1) is 6.61 Å². The van der Waals surface area contributed by atoms with Crippen LogP contribution >= 0.6 is 0 Å². The molecule has 5 heteroatoms. The first-order valence-electron chi connectivity index (χ1n) is 4.92. The third kappa shape index (κ3) is 3.93. The lowest BCUT2D eigenvalue weighted by Crippen LogP contribution is -2.16. The van der Waals surface area contributed by atoms with Crippen molar-refractivity contribution in [3.63, 3.8) is 0 Å². The van der Waals surface area contributed by atoms with Crippen molar-refractivity contribution in [2.24, 2.45) is 0 Å². The van der Waals surface area contributed by atoms with Crippen molar-refractivity contribution in [3.05, 3.63) is 28.2 Å². The van der Waals surface area contributed by atoms with Gasteiger partial charge in [0.25, 0.3) is 5.56 Å². The molecule has 0 aliphatic heterocycles. The Morgan fingerprint density at radius 1 is 1.60 bits per heavy atom. The molecule has 0 aliphatic carbocycles. The molecule has 82 valence electrons. The zero-order valence-electron chi connectivity index (χ0n) is 8.66. The number of hydrogen-bond acceptors (Lipinski definition) is 4. The molecule has 0 radical (unpaired) electrons. The Morgan fingerprint density at radius 3 is 3.07 bits per heavy atom. The monoisotopic (exact) mass is 210 g/mol. The lowest BCUT2D eigenvalue weighted by molar-refractivity contribution is -0.143. The topological polar surface area (TPSA) is 72.0 Å². The van der Waals surface area contributed by atoms with E-state index in [-0.39, 0.29) is 18.1 Å². The van der Waals surface area contributed by atoms with Crippen LogP contribution < -0.4 is 5.56 Å². The molecule has 0 atom stereocenters. The Kier molecular flexibility index (Phi) is 4.53. The predicted octanol–water partition coefficient (Wildman–Crippen LogP) is 0.656. The van der Waals surface area contributed by atoms with Crippen molar-refractivity contribution >= 4 is 5.97 Å². The summed E-state index contributed by atoms with van der Waals surface area (Å²) in [4.78, 5) is 22.2. The van der Waals surface area contributed by atoms with Gasteiger partial charge >= 0.3 is 5.97 Å². The summed E-state index contributed by atoms with van der Waals surface area (Å²) in [5, 5.41) is 5.89. The minimum atomic E-state index is -0.232. The fourth-order valence-electron chi connectivity index (χ4n) is 1.12. The molecule has 15 heavy (non-hydrogen) atoms. The molecule has 1 heterocycles. The fourth-order valence-corrected chi connectivity index (χ4v) is 1.12. The van der Waals surface area contributed by atoms with Gasteiger partial charge in [-0.3, -0.25) is 9.59 Å². The second kappa shape index (κ2) is 5.95. The van der Waals surface area contributed by atoms with E-state index in [0.717, 1.165) is 6.42 Å². The summed E-state index contributed by atoms with van der Waals surface area (Å²) in [7, 11) is 0. The molecule has 0 amide bonds. The van der Waals surface area contributed by atoms with Gasteiger partial charge in [-0.2, -0.15) is 5.10 Å². The second-order valence-corrected chi connectivity index (χ2v) is 3.13. The van der Waals surface area contributed by atoms with Gasteiger partial charge in [0, 0.05) is 24.6 Å². The van der Waals surface area contributed by atoms with Gasteiger partial charge in [-0.15, -0.1) is 0 Å². The number of carbonyl (C=O) groups is 1. The van der Waals surface area contributed by atoms with Crippen molar-refractivity contribution in [3.8, 4) is 0 Å². The number of hydrogen-bond donors (Lipinski definition) is 1. The Bertz CT molecular complexity index is 373. The first kappa shape index (κ1) is 11.4. The van der Waals surface area contributed by atoms with Crippen LogP contribution in [-0.2, 0) is 16.0 Å². The van der Waals surface area contributed by atoms with Crippen LogP contribution in [0.1, 0.15) is 25.3 Å². The maximum Gasteiger partial charge on any atom is 0.305 e. The maximum absolute atomic E-state index is 11.2. The van der Waals surface area contributed by atoms with Crippen LogP contribution in [-0.4, -0.2) is 22.8 Å². The molecule has 1 aromatic heterocycles. The van der Waals surface area contributed by atoms with E-state index in [9.17, 15) is 9.59 Å². The largest absolute Gasteiger partial charge is 0.465 e. The number of ether oxygens (including phenoxy) is 1. The summed E-state index contributed by atoms with van der Waals surface area (Å²) in [6.45, 7) is 2.15. The summed E-state index contributed by atoms with van der Waals surface area (Å²) in [5.41, 5.74) is 0.346. The quantitative estimate of drug-likeness (QED) is 0.724. The summed E-state index contributed by atoms with van der Waals surface area (Å²) in [5.74, 6) is -0.219. The molecule has 0 spiro atoms. The first-order valence-corrected chi connectivity index (χ1v) is 4.92. The number of esters is 1. The number of carbonyl (C=O) groups excluding carboxylic acids is 1. The van der Waals surface area contributed by atoms with Crippen molar-refractivity contribution in [2.75, 3.05) is 6.61 Å². The molecule has 0 unspecified atom stereocenters. The summed E-state index contributed by atoms with van der Waals surface area (Å²) < 4.78 is 4.93. The van der Waals surface area contributed by atoms with Crippen molar-refractivity contribution < 1.29 is 9.53 Å². The van der Waals surface area contributed by atoms with Gasteiger partial charge in [0.15, 0.2) is 0 Å². The van der Waals surface area contributed by atoms with Crippen molar-refractivity contribution in [1.82, 2.24) is 10.2 Å². The molecule has 1 N–H and O–H groups in total. The predicted molar refractivity (Wildman–Crippen MR) is 54.4 cm³/mol. The lowest BCUT2D eigenvalue weighted by atomic mass is 10.2. The molecule has 1 aromatic rings. The highest BCUT2D eigenvalue weighted by Crippen LogP contribution is 1.94. The number of rotatable bonds is 5. The molecule has 1 rings (SSSR count). The average Bonchev–Trinajstić information content (AvgIpc) is 2.21. The molecule has 5 nitrogen and oxygen atoms in total. The third-order valence-corrected chi connectivity index (χ3v) is 1.90. The van der Waals surface area contributed by atoms with Gasteiger partial charge in [-0.25, -0.2) is 5.10 Å². The SMILES string of the molecule is CCCC(=O)OCCc1ccn[nH]c1=O. The second-order valence-electron chi connectivity index (χ2n) is 3.13. The van der Waals surface area contributed by atoms with E-state index in [1.807, 2.05) is 6.92 Å². The Morgan fingerprint density at radius 2 is 2.40 bits per heavy atom. The molecule has 0 aliphatic rings. The number of nitrogens with one attached hydrogen (secondary N) is 1. The van der Waals surface area contributed by atoms with Gasteiger partial charge in [0.2, 0.25) is 0 Å². The first-order chi connectivity index (χ1) is 7.24. The van der Waals surface area contributed by atoms with Crippen LogP contribution in [0, 0.1) is 0 Å². The number of aromatic amines is 1. The van der Waals surface area contributed by atoms with Crippen LogP contribution in [0.15, 0.2) is 17.1 Å². The summed E-state index contributed by atoms with van der Waals surface area (Å²) >= 11 is 0. The highest BCUT2D eigenvalue weighted by atomic mass is 16.5. The van der Waals surface area contributed by atoms with Crippen LogP contribution in [0.4, 0.5) is 0 Å². The lowest BCUT2D eigenvalue weighted by Gasteiger charge is -2.02. The van der Waals surface area contributed by atoms with Crippen LogP contribution in [0.2, 0.25) is 0 Å². The minimum absolute atomic E-state index is 0.219. The normalized spacial score (nSPS) is 9.93. The van der Waals surface area contributed by atoms with Crippen LogP contribution in [0.3, 0.4) is 0 Å². The molecule has 0 saturated carbocycles. The average molecular weight is 210 g/mol. The molecular weight excluding hydrogens is 196 g/mol. The Hall–Kier alpha value is -1.65. The van der Waals surface area contributed by atoms with E-state index >= 15 is 0 Å². The number of nitrogens with zero attached hydrogens (tertiary/aromatic N) is 1. The van der Waals surface area contributed by atoms with E-state index in [1.54, 1.807) is 6.07 Å². The van der Waals surface area contributed by atoms with E-state index in [4.69, 9.17) is 4.74 Å². The van der Waals surface area contributed by atoms with E-state index in [2.05, 4.69) is 10.2 Å². The highest BCUT2D eigenvalue weighted by molar-refractivity contribution is 5.69. The van der Waals surface area contributed by atoms with E-state index in [0.29, 0.717) is 18.4 Å². The van der Waals surface area contributed by atoms with Gasteiger partial charge in [0.1, 0.15) is 0 Å². The fraction of sp³-hybridized carbons (Fsp3) is 0.500. The summed E-state index contributed by atoms with van der Waals surface area (Å²) in [6, 6.07) is 1.62. The van der Waals surface area contributed by atoms with Gasteiger partial charge in [-0.1, -0.05) is 6.92 Å². The zero-order chi connectivity index (χ0) is 11.1. The van der Waals surface area contributed by atoms with E-state index < -0.39 is 0 Å². The molecule has 0 bridgehead atoms. The maximum atomic E-state index is 11.2. The number of aromatic nitrogens is 2. The van der Waals surface area contributed by atoms with E-state index in [1.165, 1.54) is 6.20 Å². The van der Waals surface area contributed by atoms with Gasteiger partial charge < -0.3 is 4.74 Å².